The normalized spacial score (nSPS) is 10.9. The van der Waals surface area contributed by atoms with Gasteiger partial charge in [-0.05, 0) is 30.2 Å². The van der Waals surface area contributed by atoms with E-state index in [9.17, 15) is 0 Å². The summed E-state index contributed by atoms with van der Waals surface area (Å²) >= 11 is 0. The molecule has 0 heterocycles. The van der Waals surface area contributed by atoms with Gasteiger partial charge in [0.2, 0.25) is 0 Å². The van der Waals surface area contributed by atoms with Crippen LogP contribution < -0.4 is 4.74 Å². The van der Waals surface area contributed by atoms with Crippen LogP contribution in [0.2, 0.25) is 0 Å². The largest absolute Gasteiger partial charge is 0.488 e. The van der Waals surface area contributed by atoms with Gasteiger partial charge in [0.25, 0.3) is 0 Å². The lowest BCUT2D eigenvalue weighted by atomic mass is 10.1. The summed E-state index contributed by atoms with van der Waals surface area (Å²) in [6, 6.07) is 16.8. The summed E-state index contributed by atoms with van der Waals surface area (Å²) in [7, 11) is 0. The Hall–Kier alpha value is -2.80. The van der Waals surface area contributed by atoms with Gasteiger partial charge in [-0.2, -0.15) is 5.26 Å². The maximum atomic E-state index is 8.94. The Balaban J connectivity index is 2.23. The number of rotatable bonds is 4. The van der Waals surface area contributed by atoms with Crippen LogP contribution in [-0.2, 0) is 6.61 Å². The van der Waals surface area contributed by atoms with E-state index in [0.29, 0.717) is 17.9 Å². The third-order valence-electron chi connectivity index (χ3n) is 2.99. The molecule has 0 aliphatic carbocycles. The first kappa shape index (κ1) is 13.6. The van der Waals surface area contributed by atoms with Crippen molar-refractivity contribution in [1.82, 2.24) is 0 Å². The SMILES string of the molecule is Cc1ccccc1COc1ccccc1/C(C#N)=N\O. The average molecular weight is 266 g/mol. The second-order valence-corrected chi connectivity index (χ2v) is 4.27. The van der Waals surface area contributed by atoms with Gasteiger partial charge in [-0.25, -0.2) is 0 Å². The minimum absolute atomic E-state index is 0.0645. The zero-order chi connectivity index (χ0) is 14.4. The molecule has 0 atom stereocenters. The second kappa shape index (κ2) is 6.39. The maximum Gasteiger partial charge on any atom is 0.190 e. The van der Waals surface area contributed by atoms with E-state index in [0.717, 1.165) is 11.1 Å². The average Bonchev–Trinajstić information content (AvgIpc) is 2.49. The van der Waals surface area contributed by atoms with Crippen molar-refractivity contribution in [2.45, 2.75) is 13.5 Å². The Morgan fingerprint density at radius 3 is 2.60 bits per heavy atom. The van der Waals surface area contributed by atoms with Gasteiger partial charge in [0.15, 0.2) is 5.71 Å². The topological polar surface area (TPSA) is 65.6 Å². The maximum absolute atomic E-state index is 8.94. The van der Waals surface area contributed by atoms with E-state index >= 15 is 0 Å². The molecule has 0 amide bonds. The van der Waals surface area contributed by atoms with Crippen molar-refractivity contribution in [2.75, 3.05) is 0 Å². The molecule has 0 saturated heterocycles. The van der Waals surface area contributed by atoms with Crippen LogP contribution in [0.5, 0.6) is 5.75 Å². The molecule has 20 heavy (non-hydrogen) atoms. The minimum atomic E-state index is -0.0645. The first-order valence-electron chi connectivity index (χ1n) is 6.15. The van der Waals surface area contributed by atoms with Crippen molar-refractivity contribution in [1.29, 1.82) is 5.26 Å². The summed E-state index contributed by atoms with van der Waals surface area (Å²) in [6.07, 6.45) is 0. The summed E-state index contributed by atoms with van der Waals surface area (Å²) < 4.78 is 5.75. The van der Waals surface area contributed by atoms with E-state index in [-0.39, 0.29) is 5.71 Å². The standard InChI is InChI=1S/C16H14N2O2/c1-12-6-2-3-7-13(12)11-20-16-9-5-4-8-14(16)15(10-17)18-19/h2-9,19H,11H2,1H3/b18-15-. The molecule has 0 radical (unpaired) electrons. The monoisotopic (exact) mass is 266 g/mol. The van der Waals surface area contributed by atoms with Crippen LogP contribution >= 0.6 is 0 Å². The van der Waals surface area contributed by atoms with E-state index in [4.69, 9.17) is 15.2 Å². The zero-order valence-electron chi connectivity index (χ0n) is 11.1. The van der Waals surface area contributed by atoms with Gasteiger partial charge in [0.05, 0.1) is 5.56 Å². The van der Waals surface area contributed by atoms with E-state index in [1.165, 1.54) is 0 Å². The van der Waals surface area contributed by atoms with E-state index in [2.05, 4.69) is 5.16 Å². The highest BCUT2D eigenvalue weighted by molar-refractivity contribution is 6.12. The van der Waals surface area contributed by atoms with Gasteiger partial charge in [0, 0.05) is 0 Å². The molecule has 4 heteroatoms. The van der Waals surface area contributed by atoms with Crippen molar-refractivity contribution in [2.24, 2.45) is 5.16 Å². The molecule has 0 unspecified atom stereocenters. The summed E-state index contributed by atoms with van der Waals surface area (Å²) in [5.74, 6) is 0.519. The summed E-state index contributed by atoms with van der Waals surface area (Å²) in [4.78, 5) is 0. The Morgan fingerprint density at radius 1 is 1.20 bits per heavy atom. The summed E-state index contributed by atoms with van der Waals surface area (Å²) in [5, 5.41) is 20.8. The molecule has 1 N–H and O–H groups in total. The minimum Gasteiger partial charge on any atom is -0.488 e. The molecule has 0 aliphatic heterocycles. The van der Waals surface area contributed by atoms with Crippen LogP contribution in [0.4, 0.5) is 0 Å². The highest BCUT2D eigenvalue weighted by Crippen LogP contribution is 2.21. The fourth-order valence-electron chi connectivity index (χ4n) is 1.85. The number of nitrogens with zero attached hydrogens (tertiary/aromatic N) is 2. The summed E-state index contributed by atoms with van der Waals surface area (Å²) in [5.41, 5.74) is 2.62. The van der Waals surface area contributed by atoms with E-state index in [1.54, 1.807) is 18.2 Å². The first-order chi connectivity index (χ1) is 9.76. The van der Waals surface area contributed by atoms with Crippen molar-refractivity contribution in [3.05, 3.63) is 65.2 Å². The molecule has 100 valence electrons. The number of para-hydroxylation sites is 1. The van der Waals surface area contributed by atoms with E-state index in [1.807, 2.05) is 43.3 Å². The fourth-order valence-corrected chi connectivity index (χ4v) is 1.85. The first-order valence-corrected chi connectivity index (χ1v) is 6.15. The van der Waals surface area contributed by atoms with Gasteiger partial charge in [-0.15, -0.1) is 0 Å². The Bertz CT molecular complexity index is 672. The molecule has 0 spiro atoms. The molecular formula is C16H14N2O2. The number of nitriles is 1. The highest BCUT2D eigenvalue weighted by Gasteiger charge is 2.10. The lowest BCUT2D eigenvalue weighted by Gasteiger charge is -2.11. The van der Waals surface area contributed by atoms with Gasteiger partial charge in [0.1, 0.15) is 18.4 Å². The smallest absolute Gasteiger partial charge is 0.190 e. The quantitative estimate of drug-likeness (QED) is 0.524. The number of hydrogen-bond donors (Lipinski definition) is 1. The molecule has 0 saturated carbocycles. The third kappa shape index (κ3) is 2.96. The van der Waals surface area contributed by atoms with Gasteiger partial charge in [-0.3, -0.25) is 0 Å². The van der Waals surface area contributed by atoms with Crippen LogP contribution in [0.25, 0.3) is 0 Å². The van der Waals surface area contributed by atoms with Crippen LogP contribution in [0.3, 0.4) is 0 Å². The molecule has 0 aliphatic rings. The number of benzene rings is 2. The van der Waals surface area contributed by atoms with Gasteiger partial charge < -0.3 is 9.94 Å². The number of hydrogen-bond acceptors (Lipinski definition) is 4. The predicted molar refractivity (Wildman–Crippen MR) is 75.9 cm³/mol. The molecule has 2 aromatic carbocycles. The van der Waals surface area contributed by atoms with Crippen LogP contribution in [0.1, 0.15) is 16.7 Å². The molecule has 0 aromatic heterocycles. The predicted octanol–water partition coefficient (Wildman–Crippen LogP) is 3.28. The Kier molecular flexibility index (Phi) is 4.35. The number of ether oxygens (including phenoxy) is 1. The van der Waals surface area contributed by atoms with Crippen LogP contribution in [0.15, 0.2) is 53.7 Å². The molecular weight excluding hydrogens is 252 g/mol. The van der Waals surface area contributed by atoms with Crippen molar-refractivity contribution in [3.63, 3.8) is 0 Å². The summed E-state index contributed by atoms with van der Waals surface area (Å²) in [6.45, 7) is 2.41. The molecule has 0 fully saturated rings. The molecule has 2 aromatic rings. The lowest BCUT2D eigenvalue weighted by molar-refractivity contribution is 0.303. The van der Waals surface area contributed by atoms with Gasteiger partial charge >= 0.3 is 0 Å². The van der Waals surface area contributed by atoms with Crippen LogP contribution in [0, 0.1) is 18.3 Å². The highest BCUT2D eigenvalue weighted by atomic mass is 16.5. The number of aryl methyl sites for hydroxylation is 1. The molecule has 2 rings (SSSR count). The van der Waals surface area contributed by atoms with Crippen molar-refractivity contribution < 1.29 is 9.94 Å². The van der Waals surface area contributed by atoms with E-state index < -0.39 is 0 Å². The molecule has 0 bridgehead atoms. The van der Waals surface area contributed by atoms with Crippen molar-refractivity contribution in [3.8, 4) is 11.8 Å². The van der Waals surface area contributed by atoms with Crippen LogP contribution in [-0.4, -0.2) is 10.9 Å². The Labute approximate surface area is 117 Å². The molecule has 4 nitrogen and oxygen atoms in total. The second-order valence-electron chi connectivity index (χ2n) is 4.27. The van der Waals surface area contributed by atoms with Gasteiger partial charge in [-0.1, -0.05) is 41.6 Å². The third-order valence-corrected chi connectivity index (χ3v) is 2.99. The fraction of sp³-hybridized carbons (Fsp3) is 0.125. The lowest BCUT2D eigenvalue weighted by Crippen LogP contribution is -2.04. The van der Waals surface area contributed by atoms with Crippen molar-refractivity contribution >= 4 is 5.71 Å². The Morgan fingerprint density at radius 2 is 1.90 bits per heavy atom. The zero-order valence-corrected chi connectivity index (χ0v) is 11.1. The number of oxime groups is 1.